The van der Waals surface area contributed by atoms with E-state index in [9.17, 15) is 5.11 Å². The molecule has 4 aromatic heterocycles. The molecule has 2 N–H and O–H groups in total. The zero-order valence-corrected chi connectivity index (χ0v) is 20.1. The molecule has 0 spiro atoms. The molecule has 1 aromatic carbocycles. The molecule has 5 aromatic rings. The monoisotopic (exact) mass is 469 g/mol. The fourth-order valence-electron chi connectivity index (χ4n) is 3.91. The van der Waals surface area contributed by atoms with Crippen LogP contribution in [0.2, 0.25) is 0 Å². The Kier molecular flexibility index (Phi) is 5.70. The highest BCUT2D eigenvalue weighted by Crippen LogP contribution is 2.33. The van der Waals surface area contributed by atoms with Gasteiger partial charge in [0.25, 0.3) is 0 Å². The summed E-state index contributed by atoms with van der Waals surface area (Å²) in [5, 5.41) is 22.9. The van der Waals surface area contributed by atoms with Gasteiger partial charge in [-0.2, -0.15) is 10.2 Å². The number of pyridine rings is 2. The largest absolute Gasteiger partial charge is 0.495 e. The third kappa shape index (κ3) is 4.99. The Balaban J connectivity index is 1.41. The number of rotatable bonds is 7. The number of hydrogen-bond donors (Lipinski definition) is 2. The number of hydrogen-bond acceptors (Lipinski definition) is 7. The summed E-state index contributed by atoms with van der Waals surface area (Å²) in [6.45, 7) is 3.91. The third-order valence-electron chi connectivity index (χ3n) is 5.55. The molecule has 0 aliphatic carbocycles. The van der Waals surface area contributed by atoms with E-state index in [-0.39, 0.29) is 0 Å². The number of aliphatic hydroxyl groups is 1. The van der Waals surface area contributed by atoms with Crippen molar-refractivity contribution in [3.05, 3.63) is 67.4 Å². The molecule has 0 unspecified atom stereocenters. The van der Waals surface area contributed by atoms with Gasteiger partial charge in [-0.25, -0.2) is 9.97 Å². The molecule has 4 heterocycles. The van der Waals surface area contributed by atoms with Crippen molar-refractivity contribution < 1.29 is 9.84 Å². The molecule has 0 bridgehead atoms. The zero-order valence-electron chi connectivity index (χ0n) is 20.1. The summed E-state index contributed by atoms with van der Waals surface area (Å²) in [5.74, 6) is 1.36. The number of methoxy groups -OCH3 is 1. The van der Waals surface area contributed by atoms with Crippen molar-refractivity contribution in [1.29, 1.82) is 0 Å². The van der Waals surface area contributed by atoms with Gasteiger partial charge >= 0.3 is 0 Å². The van der Waals surface area contributed by atoms with Gasteiger partial charge in [0.2, 0.25) is 0 Å². The Morgan fingerprint density at radius 1 is 0.971 bits per heavy atom. The molecule has 5 rings (SSSR count). The number of anilines is 2. The van der Waals surface area contributed by atoms with Crippen molar-refractivity contribution in [2.24, 2.45) is 7.05 Å². The Morgan fingerprint density at radius 3 is 2.54 bits per heavy atom. The lowest BCUT2D eigenvalue weighted by Crippen LogP contribution is -2.26. The van der Waals surface area contributed by atoms with Gasteiger partial charge in [0.15, 0.2) is 0 Å². The molecule has 0 fully saturated rings. The fourth-order valence-corrected chi connectivity index (χ4v) is 3.91. The molecule has 9 nitrogen and oxygen atoms in total. The van der Waals surface area contributed by atoms with Crippen LogP contribution in [-0.4, -0.2) is 47.3 Å². The molecule has 0 aliphatic rings. The number of aromatic nitrogens is 6. The number of fused-ring (bicyclic) bond motifs is 1. The smallest absolute Gasteiger partial charge is 0.142 e. The number of benzene rings is 1. The molecule has 35 heavy (non-hydrogen) atoms. The number of aryl methyl sites for hydroxylation is 1. The van der Waals surface area contributed by atoms with Gasteiger partial charge in [0, 0.05) is 48.2 Å². The highest BCUT2D eigenvalue weighted by atomic mass is 16.5. The van der Waals surface area contributed by atoms with Crippen molar-refractivity contribution in [2.75, 3.05) is 12.4 Å². The van der Waals surface area contributed by atoms with E-state index >= 15 is 0 Å². The average molecular weight is 470 g/mol. The predicted molar refractivity (Wildman–Crippen MR) is 136 cm³/mol. The Hall–Kier alpha value is -4.24. The maximum atomic E-state index is 10.1. The van der Waals surface area contributed by atoms with Crippen molar-refractivity contribution in [3.8, 4) is 28.1 Å². The standard InChI is InChI=1S/C26H27N7O2/c1-26(2,34)16-33-15-20(13-29-33)21-7-6-18-11-27-25(10-23(18)30-21)31-22-8-5-17(9-24(22)35-4)19-12-28-32(3)14-19/h5-15,34H,16H2,1-4H3,(H,27,31). The van der Waals surface area contributed by atoms with Crippen LogP contribution < -0.4 is 10.1 Å². The predicted octanol–water partition coefficient (Wildman–Crippen LogP) is 4.42. The lowest BCUT2D eigenvalue weighted by molar-refractivity contribution is 0.0577. The minimum Gasteiger partial charge on any atom is -0.495 e. The molecule has 0 saturated heterocycles. The van der Waals surface area contributed by atoms with E-state index in [1.54, 1.807) is 42.7 Å². The molecule has 178 valence electrons. The van der Waals surface area contributed by atoms with Crippen molar-refractivity contribution in [3.63, 3.8) is 0 Å². The van der Waals surface area contributed by atoms with Crippen LogP contribution in [0, 0.1) is 0 Å². The van der Waals surface area contributed by atoms with Gasteiger partial charge in [-0.15, -0.1) is 0 Å². The molecular formula is C26H27N7O2. The van der Waals surface area contributed by atoms with E-state index in [2.05, 4.69) is 20.5 Å². The molecule has 0 saturated carbocycles. The van der Waals surface area contributed by atoms with Crippen LogP contribution in [0.4, 0.5) is 11.5 Å². The summed E-state index contributed by atoms with van der Waals surface area (Å²) in [4.78, 5) is 9.36. The van der Waals surface area contributed by atoms with Crippen molar-refractivity contribution in [2.45, 2.75) is 26.0 Å². The highest BCUT2D eigenvalue weighted by Gasteiger charge is 2.15. The second-order valence-electron chi connectivity index (χ2n) is 9.14. The lowest BCUT2D eigenvalue weighted by Gasteiger charge is -2.16. The minimum absolute atomic E-state index is 0.403. The molecule has 0 aliphatic heterocycles. The van der Waals surface area contributed by atoms with Crippen LogP contribution in [0.15, 0.2) is 67.4 Å². The molecule has 0 radical (unpaired) electrons. The lowest BCUT2D eigenvalue weighted by atomic mass is 10.1. The maximum absolute atomic E-state index is 10.1. The van der Waals surface area contributed by atoms with Crippen LogP contribution in [0.3, 0.4) is 0 Å². The molecule has 9 heteroatoms. The minimum atomic E-state index is -0.844. The van der Waals surface area contributed by atoms with Gasteiger partial charge in [-0.05, 0) is 43.7 Å². The summed E-state index contributed by atoms with van der Waals surface area (Å²) < 4.78 is 9.12. The second-order valence-corrected chi connectivity index (χ2v) is 9.14. The maximum Gasteiger partial charge on any atom is 0.142 e. The second kappa shape index (κ2) is 8.84. The highest BCUT2D eigenvalue weighted by molar-refractivity contribution is 5.84. The van der Waals surface area contributed by atoms with E-state index in [0.29, 0.717) is 18.1 Å². The summed E-state index contributed by atoms with van der Waals surface area (Å²) >= 11 is 0. The fraction of sp³-hybridized carbons (Fsp3) is 0.231. The zero-order chi connectivity index (χ0) is 24.6. The van der Waals surface area contributed by atoms with Crippen LogP contribution in [0.25, 0.3) is 33.3 Å². The average Bonchev–Trinajstić information content (AvgIpc) is 3.47. The summed E-state index contributed by atoms with van der Waals surface area (Å²) in [6, 6.07) is 11.8. The van der Waals surface area contributed by atoms with Crippen LogP contribution >= 0.6 is 0 Å². The van der Waals surface area contributed by atoms with Crippen molar-refractivity contribution in [1.82, 2.24) is 29.5 Å². The third-order valence-corrected chi connectivity index (χ3v) is 5.55. The van der Waals surface area contributed by atoms with Crippen LogP contribution in [0.5, 0.6) is 5.75 Å². The Labute approximate surface area is 203 Å². The first-order chi connectivity index (χ1) is 16.8. The number of ether oxygens (including phenoxy) is 1. The van der Waals surface area contributed by atoms with E-state index in [0.717, 1.165) is 39.0 Å². The van der Waals surface area contributed by atoms with E-state index < -0.39 is 5.60 Å². The van der Waals surface area contributed by atoms with E-state index in [1.807, 2.05) is 62.0 Å². The molecule has 0 atom stereocenters. The van der Waals surface area contributed by atoms with Gasteiger partial charge in [0.05, 0.1) is 48.5 Å². The van der Waals surface area contributed by atoms with Crippen molar-refractivity contribution >= 4 is 22.4 Å². The van der Waals surface area contributed by atoms with Crippen LogP contribution in [0.1, 0.15) is 13.8 Å². The Morgan fingerprint density at radius 2 is 1.80 bits per heavy atom. The van der Waals surface area contributed by atoms with E-state index in [4.69, 9.17) is 9.72 Å². The van der Waals surface area contributed by atoms with Crippen LogP contribution in [-0.2, 0) is 13.6 Å². The summed E-state index contributed by atoms with van der Waals surface area (Å²) in [7, 11) is 3.54. The number of nitrogens with zero attached hydrogens (tertiary/aromatic N) is 6. The number of nitrogens with one attached hydrogen (secondary N) is 1. The topological polar surface area (TPSA) is 103 Å². The molecular weight excluding hydrogens is 442 g/mol. The SMILES string of the molecule is COc1cc(-c2cnn(C)c2)ccc1Nc1cc2nc(-c3cnn(CC(C)(C)O)c3)ccc2cn1. The van der Waals surface area contributed by atoms with Gasteiger partial charge in [-0.1, -0.05) is 6.07 Å². The Bertz CT molecular complexity index is 1500. The van der Waals surface area contributed by atoms with E-state index in [1.165, 1.54) is 0 Å². The summed E-state index contributed by atoms with van der Waals surface area (Å²) in [5.41, 5.74) is 4.48. The normalized spacial score (nSPS) is 11.7. The molecule has 0 amide bonds. The van der Waals surface area contributed by atoms with Gasteiger partial charge < -0.3 is 15.2 Å². The first-order valence-corrected chi connectivity index (χ1v) is 11.2. The first kappa shape index (κ1) is 22.5. The van der Waals surface area contributed by atoms with Gasteiger partial charge in [-0.3, -0.25) is 9.36 Å². The first-order valence-electron chi connectivity index (χ1n) is 11.2. The van der Waals surface area contributed by atoms with Gasteiger partial charge in [0.1, 0.15) is 11.6 Å². The summed E-state index contributed by atoms with van der Waals surface area (Å²) in [6.07, 6.45) is 9.23. The quantitative estimate of drug-likeness (QED) is 0.364.